The molecule has 0 aliphatic rings. The maximum absolute atomic E-state index is 13.2. The minimum atomic E-state index is -5.36. The minimum absolute atomic E-state index is 0.0711. The number of nitrogen functional groups attached to an aromatic ring is 3. The largest absolute Gasteiger partial charge is 0.505 e. The van der Waals surface area contributed by atoms with Gasteiger partial charge in [0.05, 0.1) is 66.7 Å². The molecule has 0 amide bonds. The van der Waals surface area contributed by atoms with E-state index in [4.69, 9.17) is 33.4 Å². The molecule has 0 spiro atoms. The smallest absolute Gasteiger partial charge is 0.397 e. The molecule has 0 fully saturated rings. The third-order valence-corrected chi connectivity index (χ3v) is 14.5. The number of aromatic hydroxyl groups is 1. The van der Waals surface area contributed by atoms with Crippen LogP contribution >= 0.6 is 11.6 Å². The molecule has 0 radical (unpaired) electrons. The van der Waals surface area contributed by atoms with E-state index >= 15 is 0 Å². The summed E-state index contributed by atoms with van der Waals surface area (Å²) in [7, 11) is -23.9. The number of nitrogens with two attached hydrogens (primary N) is 3. The minimum Gasteiger partial charge on any atom is -0.505 e. The van der Waals surface area contributed by atoms with Gasteiger partial charge < -0.3 is 22.3 Å². The number of nitrogens with zero attached hydrogens (tertiary/aromatic N) is 6. The first-order chi connectivity index (χ1) is 31.1. The van der Waals surface area contributed by atoms with E-state index in [9.17, 15) is 56.3 Å². The number of nitrogens with one attached hydrogen (secondary N) is 1. The fourth-order valence-electron chi connectivity index (χ4n) is 5.70. The summed E-state index contributed by atoms with van der Waals surface area (Å²) in [5.41, 5.74) is 16.8. The normalized spacial score (nSPS) is 13.0. The second-order valence-corrected chi connectivity index (χ2v) is 21.6. The Morgan fingerprint density at radius 1 is 0.582 bits per heavy atom. The highest BCUT2D eigenvalue weighted by atomic mass is 35.5. The third-order valence-electron chi connectivity index (χ3n) is 8.88. The number of halogens is 1. The van der Waals surface area contributed by atoms with Gasteiger partial charge in [-0.3, -0.25) is 18.4 Å². The fourth-order valence-corrected chi connectivity index (χ4v) is 9.76. The molecule has 6 aromatic carbocycles. The number of hydrogen-bond acceptors (Lipinski definition) is 21. The molecule has 0 aliphatic carbocycles. The van der Waals surface area contributed by atoms with Crippen LogP contribution in [0.4, 0.5) is 56.9 Å². The maximum atomic E-state index is 13.2. The van der Waals surface area contributed by atoms with E-state index < -0.39 is 106 Å². The summed E-state index contributed by atoms with van der Waals surface area (Å²) in [5.74, 6) is -2.02. The first-order valence-electron chi connectivity index (χ1n) is 18.0. The van der Waals surface area contributed by atoms with Crippen molar-refractivity contribution < 1.29 is 65.0 Å². The van der Waals surface area contributed by atoms with Crippen molar-refractivity contribution in [2.75, 3.05) is 34.3 Å². The van der Waals surface area contributed by atoms with E-state index in [1.807, 2.05) is 0 Å². The molecule has 25 nitrogen and oxygen atoms in total. The van der Waals surface area contributed by atoms with Crippen LogP contribution in [0.15, 0.2) is 147 Å². The number of phenolic OH excluding ortho intramolecular Hbond substituents is 1. The average molecular weight is 1040 g/mol. The number of sulfonamides is 1. The Morgan fingerprint density at radius 2 is 1.09 bits per heavy atom. The molecule has 0 bridgehead atoms. The Hall–Kier alpha value is -6.74. The summed E-state index contributed by atoms with van der Waals surface area (Å²) in [6, 6.07) is 18.6. The second kappa shape index (κ2) is 18.9. The van der Waals surface area contributed by atoms with Crippen LogP contribution in [0.2, 0.25) is 5.02 Å². The Labute approximate surface area is 385 Å². The van der Waals surface area contributed by atoms with E-state index in [0.717, 1.165) is 48.5 Å². The molecule has 31 heteroatoms. The van der Waals surface area contributed by atoms with Gasteiger partial charge in [0.1, 0.15) is 26.9 Å². The third kappa shape index (κ3) is 12.0. The molecule has 352 valence electrons. The van der Waals surface area contributed by atoms with Crippen LogP contribution in [-0.2, 0) is 54.7 Å². The molecule has 0 saturated heterocycles. The maximum Gasteiger partial charge on any atom is 0.397 e. The van der Waals surface area contributed by atoms with Crippen molar-refractivity contribution in [3.05, 3.63) is 102 Å². The second-order valence-electron chi connectivity index (χ2n) is 13.5. The molecule has 6 aromatic rings. The van der Waals surface area contributed by atoms with E-state index in [-0.39, 0.29) is 48.9 Å². The summed E-state index contributed by atoms with van der Waals surface area (Å²) in [5, 5.41) is 33.6. The molecule has 0 aromatic heterocycles. The van der Waals surface area contributed by atoms with Gasteiger partial charge in [-0.2, -0.15) is 40.6 Å². The standard InChI is InChI=1S/C36H31ClN10O15S5/c37-26-16-29(28(39)17-27(26)38)44-41-19-1-3-22(4-2-19)47-64(51,52)24-11-7-21(8-12-24)43-46-35-32(66(56,57)58)15-25-31(65(53,54)55)18-30(34(40)33(25)36(35)48)45-42-20-5-9-23(10-6-20)63(49,50)14-13-62-67(59,60)61/h1-12,15-18,47-48H,13-14,38-40H2,(H,53,54,55)(H,56,57,58)(H,59,60,61). The van der Waals surface area contributed by atoms with Crippen molar-refractivity contribution in [1.29, 1.82) is 0 Å². The topological polar surface area (TPSA) is 425 Å². The molecule has 67 heavy (non-hydrogen) atoms. The number of anilines is 4. The van der Waals surface area contributed by atoms with E-state index in [1.54, 1.807) is 0 Å². The first kappa shape index (κ1) is 49.7. The number of fused-ring (bicyclic) bond motifs is 1. The first-order valence-corrected chi connectivity index (χ1v) is 25.7. The van der Waals surface area contributed by atoms with E-state index in [0.29, 0.717) is 17.8 Å². The van der Waals surface area contributed by atoms with Crippen LogP contribution in [0.3, 0.4) is 0 Å². The molecule has 0 aliphatic heterocycles. The lowest BCUT2D eigenvalue weighted by molar-refractivity contribution is 0.284. The Bertz CT molecular complexity index is 3620. The quantitative estimate of drug-likeness (QED) is 0.0272. The van der Waals surface area contributed by atoms with Gasteiger partial charge >= 0.3 is 10.4 Å². The van der Waals surface area contributed by atoms with Crippen molar-refractivity contribution in [3.8, 4) is 5.75 Å². The van der Waals surface area contributed by atoms with Crippen molar-refractivity contribution >= 4 is 130 Å². The van der Waals surface area contributed by atoms with Crippen LogP contribution < -0.4 is 21.9 Å². The van der Waals surface area contributed by atoms with Crippen LogP contribution in [-0.4, -0.2) is 73.2 Å². The lowest BCUT2D eigenvalue weighted by Gasteiger charge is -2.14. The highest BCUT2D eigenvalue weighted by Gasteiger charge is 2.29. The van der Waals surface area contributed by atoms with Crippen molar-refractivity contribution in [3.63, 3.8) is 0 Å². The highest BCUT2D eigenvalue weighted by Crippen LogP contribution is 2.48. The van der Waals surface area contributed by atoms with Crippen LogP contribution in [0.1, 0.15) is 0 Å². The monoisotopic (exact) mass is 1040 g/mol. The number of benzene rings is 6. The summed E-state index contributed by atoms with van der Waals surface area (Å²) in [6.07, 6.45) is 0. The van der Waals surface area contributed by atoms with Crippen LogP contribution in [0.25, 0.3) is 10.8 Å². The van der Waals surface area contributed by atoms with Crippen LogP contribution in [0.5, 0.6) is 5.75 Å². The lowest BCUT2D eigenvalue weighted by Crippen LogP contribution is -2.15. The Morgan fingerprint density at radius 3 is 1.63 bits per heavy atom. The summed E-state index contributed by atoms with van der Waals surface area (Å²) in [4.78, 5) is -2.86. The number of sulfone groups is 1. The Balaban J connectivity index is 1.27. The molecule has 6 rings (SSSR count). The van der Waals surface area contributed by atoms with Gasteiger partial charge in [0, 0.05) is 11.1 Å². The van der Waals surface area contributed by atoms with Crippen molar-refractivity contribution in [1.82, 2.24) is 0 Å². The van der Waals surface area contributed by atoms with Crippen LogP contribution in [0, 0.1) is 0 Å². The van der Waals surface area contributed by atoms with Gasteiger partial charge in [-0.25, -0.2) is 21.0 Å². The van der Waals surface area contributed by atoms with Crippen molar-refractivity contribution in [2.24, 2.45) is 30.7 Å². The van der Waals surface area contributed by atoms with Gasteiger partial charge in [-0.05, 0) is 97.1 Å². The summed E-state index contributed by atoms with van der Waals surface area (Å²) < 4.78 is 158. The Kier molecular flexibility index (Phi) is 14.0. The highest BCUT2D eigenvalue weighted by molar-refractivity contribution is 7.92. The van der Waals surface area contributed by atoms with Gasteiger partial charge in [0.25, 0.3) is 30.3 Å². The zero-order chi connectivity index (χ0) is 49.3. The fraction of sp³-hybridized carbons (Fsp3) is 0.0556. The predicted molar refractivity (Wildman–Crippen MR) is 242 cm³/mol. The summed E-state index contributed by atoms with van der Waals surface area (Å²) in [6.45, 7) is -0.893. The van der Waals surface area contributed by atoms with Gasteiger partial charge in [0.15, 0.2) is 15.6 Å². The molecular formula is C36H31ClN10O15S5. The predicted octanol–water partition coefficient (Wildman–Crippen LogP) is 7.08. The van der Waals surface area contributed by atoms with E-state index in [2.05, 4.69) is 39.6 Å². The molecule has 0 saturated carbocycles. The number of rotatable bonds is 16. The van der Waals surface area contributed by atoms with Gasteiger partial charge in [-0.15, -0.1) is 15.3 Å². The lowest BCUT2D eigenvalue weighted by atomic mass is 10.0. The SMILES string of the molecule is Nc1cc(N)c(N=Nc2ccc(NS(=O)(=O)c3ccc(N=Nc4c(S(=O)(=O)O)cc5c(S(=O)(=O)O)cc(N=Nc6ccc(S(=O)(=O)CCOS(=O)(=O)O)cc6)c(N)c5c4O)cc3)cc2)cc1Cl. The molecule has 0 unspecified atom stereocenters. The summed E-state index contributed by atoms with van der Waals surface area (Å²) >= 11 is 6.02. The molecular weight excluding hydrogens is 1010 g/mol. The zero-order valence-electron chi connectivity index (χ0n) is 33.3. The van der Waals surface area contributed by atoms with Crippen molar-refractivity contribution in [2.45, 2.75) is 19.6 Å². The average Bonchev–Trinajstić information content (AvgIpc) is 3.23. The van der Waals surface area contributed by atoms with E-state index in [1.165, 1.54) is 36.4 Å². The molecule has 11 N–H and O–H groups in total. The number of hydrogen-bond donors (Lipinski definition) is 8. The number of phenols is 1. The van der Waals surface area contributed by atoms with Gasteiger partial charge in [0.2, 0.25) is 0 Å². The zero-order valence-corrected chi connectivity index (χ0v) is 38.1. The van der Waals surface area contributed by atoms with Gasteiger partial charge in [-0.1, -0.05) is 11.6 Å². The molecule has 0 atom stereocenters. The molecule has 0 heterocycles. The number of azo groups is 3.